The van der Waals surface area contributed by atoms with Crippen molar-refractivity contribution in [2.75, 3.05) is 35.7 Å². The highest BCUT2D eigenvalue weighted by atomic mass is 35.5. The number of pyridine rings is 2. The van der Waals surface area contributed by atoms with Crippen molar-refractivity contribution in [2.45, 2.75) is 25.7 Å². The second-order valence-corrected chi connectivity index (χ2v) is 8.63. The highest BCUT2D eigenvalue weighted by Gasteiger charge is 2.35. The monoisotopic (exact) mass is 468 g/mol. The number of hydrogen-bond acceptors (Lipinski definition) is 7. The van der Waals surface area contributed by atoms with Gasteiger partial charge in [0.15, 0.2) is 0 Å². The number of carbonyl (C=O) groups is 1. The Balaban J connectivity index is 1.61. The maximum absolute atomic E-state index is 13.7. The van der Waals surface area contributed by atoms with Crippen LogP contribution in [-0.2, 0) is 0 Å². The third-order valence-electron chi connectivity index (χ3n) is 4.82. The Labute approximate surface area is 185 Å². The lowest BCUT2D eigenvalue weighted by atomic mass is 10.1. The molecule has 0 unspecified atom stereocenters. The van der Waals surface area contributed by atoms with E-state index in [2.05, 4.69) is 25.6 Å². The molecular formula is C19H19ClF2N6O2S. The van der Waals surface area contributed by atoms with Crippen molar-refractivity contribution >= 4 is 56.4 Å². The number of halogens is 3. The van der Waals surface area contributed by atoms with E-state index in [4.69, 9.17) is 16.3 Å². The average molecular weight is 469 g/mol. The van der Waals surface area contributed by atoms with Crippen molar-refractivity contribution in [1.29, 1.82) is 0 Å². The van der Waals surface area contributed by atoms with Gasteiger partial charge in [-0.25, -0.2) is 28.5 Å². The fraction of sp³-hybridized carbons (Fsp3) is 0.368. The number of fused-ring (bicyclic) bond motifs is 1. The number of anilines is 3. The van der Waals surface area contributed by atoms with Crippen LogP contribution in [0.4, 0.5) is 30.6 Å². The van der Waals surface area contributed by atoms with E-state index in [9.17, 15) is 13.6 Å². The molecule has 164 valence electrons. The minimum atomic E-state index is -2.69. The number of alkyl halides is 2. The first-order chi connectivity index (χ1) is 14.8. The van der Waals surface area contributed by atoms with Gasteiger partial charge in [0.25, 0.3) is 5.92 Å². The number of piperidine rings is 1. The molecule has 0 saturated carbocycles. The van der Waals surface area contributed by atoms with Crippen LogP contribution in [0.3, 0.4) is 0 Å². The second kappa shape index (κ2) is 8.39. The van der Waals surface area contributed by atoms with Crippen molar-refractivity contribution in [3.8, 4) is 5.88 Å². The predicted molar refractivity (Wildman–Crippen MR) is 117 cm³/mol. The summed E-state index contributed by atoms with van der Waals surface area (Å²) in [4.78, 5) is 28.0. The van der Waals surface area contributed by atoms with E-state index in [-0.39, 0.29) is 36.8 Å². The van der Waals surface area contributed by atoms with E-state index in [1.807, 2.05) is 11.8 Å². The minimum absolute atomic E-state index is 0.150. The molecule has 1 saturated heterocycles. The first kappa shape index (κ1) is 21.4. The molecule has 2 amide bonds. The molecule has 0 aliphatic carbocycles. The van der Waals surface area contributed by atoms with Crippen LogP contribution in [0.25, 0.3) is 10.3 Å². The van der Waals surface area contributed by atoms with Crippen LogP contribution in [0.2, 0.25) is 5.02 Å². The van der Waals surface area contributed by atoms with Gasteiger partial charge in [0.1, 0.15) is 15.4 Å². The number of thiazole rings is 1. The van der Waals surface area contributed by atoms with E-state index in [0.717, 1.165) is 5.01 Å². The average Bonchev–Trinajstić information content (AvgIpc) is 3.09. The number of nitrogens with zero attached hydrogens (tertiary/aromatic N) is 4. The van der Waals surface area contributed by atoms with Crippen LogP contribution in [0.15, 0.2) is 18.5 Å². The summed E-state index contributed by atoms with van der Waals surface area (Å²) in [5.41, 5.74) is 1.92. The molecule has 31 heavy (non-hydrogen) atoms. The zero-order chi connectivity index (χ0) is 22.2. The predicted octanol–water partition coefficient (Wildman–Crippen LogP) is 4.94. The summed E-state index contributed by atoms with van der Waals surface area (Å²) < 4.78 is 32.4. The smallest absolute Gasteiger partial charge is 0.323 e. The normalized spacial score (nSPS) is 15.7. The van der Waals surface area contributed by atoms with Crippen LogP contribution >= 0.6 is 22.9 Å². The molecule has 4 rings (SSSR count). The number of aromatic nitrogens is 3. The largest absolute Gasteiger partial charge is 0.480 e. The molecule has 3 aromatic heterocycles. The van der Waals surface area contributed by atoms with Gasteiger partial charge in [-0.05, 0) is 13.0 Å². The molecule has 1 aliphatic rings. The Morgan fingerprint density at radius 1 is 1.26 bits per heavy atom. The molecule has 0 bridgehead atoms. The second-order valence-electron chi connectivity index (χ2n) is 7.04. The summed E-state index contributed by atoms with van der Waals surface area (Å²) in [7, 11) is 1.44. The fourth-order valence-corrected chi connectivity index (χ4v) is 4.37. The molecule has 0 spiro atoms. The molecule has 0 aromatic carbocycles. The van der Waals surface area contributed by atoms with E-state index >= 15 is 0 Å². The minimum Gasteiger partial charge on any atom is -0.480 e. The van der Waals surface area contributed by atoms with Gasteiger partial charge >= 0.3 is 6.03 Å². The first-order valence-corrected chi connectivity index (χ1v) is 10.6. The van der Waals surface area contributed by atoms with Gasteiger partial charge in [-0.2, -0.15) is 0 Å². The van der Waals surface area contributed by atoms with Crippen LogP contribution < -0.4 is 20.3 Å². The molecule has 0 atom stereocenters. The Morgan fingerprint density at radius 2 is 2.00 bits per heavy atom. The Kier molecular flexibility index (Phi) is 5.80. The zero-order valence-corrected chi connectivity index (χ0v) is 18.3. The lowest BCUT2D eigenvalue weighted by Gasteiger charge is -2.34. The third kappa shape index (κ3) is 4.62. The van der Waals surface area contributed by atoms with Gasteiger partial charge in [-0.15, -0.1) is 0 Å². The van der Waals surface area contributed by atoms with E-state index < -0.39 is 12.0 Å². The summed E-state index contributed by atoms with van der Waals surface area (Å²) in [5.74, 6) is -2.45. The standard InChI is InChI=1S/C19H19ClF2N6O2S/c1-10-25-14-15(28-5-3-19(21,22)4-6-28)13(9-24-17(14)31-10)27-18(29)26-11-7-12(20)16(30-2)23-8-11/h7-9H,3-6H2,1-2H3,(H2,26,27,29). The van der Waals surface area contributed by atoms with Crippen molar-refractivity contribution in [1.82, 2.24) is 15.0 Å². The molecule has 12 heteroatoms. The lowest BCUT2D eigenvalue weighted by molar-refractivity contribution is -0.0220. The Hall–Kier alpha value is -2.79. The lowest BCUT2D eigenvalue weighted by Crippen LogP contribution is -2.40. The van der Waals surface area contributed by atoms with Crippen LogP contribution in [0, 0.1) is 6.92 Å². The van der Waals surface area contributed by atoms with Gasteiger partial charge < -0.3 is 20.3 Å². The number of nitrogens with one attached hydrogen (secondary N) is 2. The highest BCUT2D eigenvalue weighted by Crippen LogP contribution is 2.39. The number of rotatable bonds is 4. The summed E-state index contributed by atoms with van der Waals surface area (Å²) >= 11 is 7.45. The number of methoxy groups -OCH3 is 1. The molecule has 1 fully saturated rings. The summed E-state index contributed by atoms with van der Waals surface area (Å²) in [5, 5.41) is 6.43. The summed E-state index contributed by atoms with van der Waals surface area (Å²) in [6.07, 6.45) is 2.40. The molecule has 8 nitrogen and oxygen atoms in total. The molecular weight excluding hydrogens is 450 g/mol. The van der Waals surface area contributed by atoms with Gasteiger partial charge in [-0.3, -0.25) is 0 Å². The summed E-state index contributed by atoms with van der Waals surface area (Å²) in [6.45, 7) is 2.15. The number of carbonyl (C=O) groups excluding carboxylic acids is 1. The van der Waals surface area contributed by atoms with Crippen molar-refractivity contribution in [3.63, 3.8) is 0 Å². The number of urea groups is 1. The van der Waals surface area contributed by atoms with Crippen LogP contribution in [0.1, 0.15) is 17.8 Å². The van der Waals surface area contributed by atoms with Crippen LogP contribution in [0.5, 0.6) is 5.88 Å². The number of aryl methyl sites for hydroxylation is 1. The highest BCUT2D eigenvalue weighted by molar-refractivity contribution is 7.18. The molecule has 3 aromatic rings. The number of hydrogen-bond donors (Lipinski definition) is 2. The number of ether oxygens (including phenoxy) is 1. The Bertz CT molecular complexity index is 1130. The van der Waals surface area contributed by atoms with Gasteiger partial charge in [-0.1, -0.05) is 22.9 Å². The first-order valence-electron chi connectivity index (χ1n) is 9.42. The van der Waals surface area contributed by atoms with Crippen LogP contribution in [-0.4, -0.2) is 47.1 Å². The molecule has 2 N–H and O–H groups in total. The van der Waals surface area contributed by atoms with Crippen molar-refractivity contribution in [2.24, 2.45) is 0 Å². The number of amides is 2. The van der Waals surface area contributed by atoms with Gasteiger partial charge in [0, 0.05) is 25.9 Å². The van der Waals surface area contributed by atoms with Gasteiger partial charge in [0.2, 0.25) is 5.88 Å². The van der Waals surface area contributed by atoms with E-state index in [1.54, 1.807) is 0 Å². The topological polar surface area (TPSA) is 92.3 Å². The molecule has 0 radical (unpaired) electrons. The van der Waals surface area contributed by atoms with Gasteiger partial charge in [0.05, 0.1) is 41.6 Å². The van der Waals surface area contributed by atoms with E-state index in [1.165, 1.54) is 36.9 Å². The third-order valence-corrected chi connectivity index (χ3v) is 5.97. The van der Waals surface area contributed by atoms with E-state index in [0.29, 0.717) is 27.4 Å². The zero-order valence-electron chi connectivity index (χ0n) is 16.7. The summed E-state index contributed by atoms with van der Waals surface area (Å²) in [6, 6.07) is 0.950. The quantitative estimate of drug-likeness (QED) is 0.563. The maximum atomic E-state index is 13.7. The van der Waals surface area contributed by atoms with Crippen molar-refractivity contribution < 1.29 is 18.3 Å². The fourth-order valence-electron chi connectivity index (χ4n) is 3.37. The molecule has 4 heterocycles. The maximum Gasteiger partial charge on any atom is 0.323 e. The van der Waals surface area contributed by atoms with Crippen molar-refractivity contribution in [3.05, 3.63) is 28.5 Å². The molecule has 1 aliphatic heterocycles. The Morgan fingerprint density at radius 3 is 2.68 bits per heavy atom. The SMILES string of the molecule is COc1ncc(NC(=O)Nc2cnc3sc(C)nc3c2N2CCC(F)(F)CC2)cc1Cl.